The molecule has 2 N–H and O–H groups in total. The van der Waals surface area contributed by atoms with Gasteiger partial charge in [0, 0.05) is 37.3 Å². The first-order valence-corrected chi connectivity index (χ1v) is 9.55. The summed E-state index contributed by atoms with van der Waals surface area (Å²) in [5, 5.41) is 6.70. The number of amides is 1. The molecule has 0 radical (unpaired) electrons. The van der Waals surface area contributed by atoms with Crippen molar-refractivity contribution in [1.82, 2.24) is 15.5 Å². The first kappa shape index (κ1) is 20.9. The largest absolute Gasteiger partial charge is 0.357 e. The van der Waals surface area contributed by atoms with E-state index in [0.29, 0.717) is 10.7 Å². The van der Waals surface area contributed by atoms with E-state index in [1.165, 1.54) is 18.6 Å². The summed E-state index contributed by atoms with van der Waals surface area (Å²) in [7, 11) is 0. The van der Waals surface area contributed by atoms with Crippen LogP contribution in [-0.4, -0.2) is 60.0 Å². The van der Waals surface area contributed by atoms with Gasteiger partial charge in [-0.25, -0.2) is 0 Å². The number of guanidine groups is 1. The first-order valence-electron chi connectivity index (χ1n) is 8.57. The number of hydrogen-bond donors (Lipinski definition) is 2. The van der Waals surface area contributed by atoms with Gasteiger partial charge in [-0.3, -0.25) is 9.79 Å². The van der Waals surface area contributed by atoms with Gasteiger partial charge in [-0.15, -0.1) is 24.0 Å². The molecular formula is C16H31IN4OS. The summed E-state index contributed by atoms with van der Waals surface area (Å²) in [4.78, 5) is 18.3. The minimum atomic E-state index is 0. The summed E-state index contributed by atoms with van der Waals surface area (Å²) in [5.74, 6) is 2.48. The van der Waals surface area contributed by atoms with E-state index in [9.17, 15) is 4.79 Å². The number of carbonyl (C=O) groups excluding carboxylic acids is 1. The average molecular weight is 454 g/mol. The Balaban J connectivity index is 0.00000264. The highest BCUT2D eigenvalue weighted by molar-refractivity contribution is 14.0. The highest BCUT2D eigenvalue weighted by atomic mass is 127. The fourth-order valence-electron chi connectivity index (χ4n) is 2.97. The monoisotopic (exact) mass is 454 g/mol. The Morgan fingerprint density at radius 2 is 2.22 bits per heavy atom. The van der Waals surface area contributed by atoms with Crippen LogP contribution < -0.4 is 10.6 Å². The van der Waals surface area contributed by atoms with Crippen molar-refractivity contribution < 1.29 is 4.79 Å². The Morgan fingerprint density at radius 3 is 2.83 bits per heavy atom. The Kier molecular flexibility index (Phi) is 9.65. The maximum absolute atomic E-state index is 11.6. The van der Waals surface area contributed by atoms with Gasteiger partial charge < -0.3 is 15.5 Å². The fraction of sp³-hybridized carbons (Fsp3) is 0.875. The van der Waals surface area contributed by atoms with E-state index in [-0.39, 0.29) is 24.0 Å². The first-order chi connectivity index (χ1) is 10.6. The van der Waals surface area contributed by atoms with Crippen molar-refractivity contribution in [2.45, 2.75) is 50.7 Å². The smallest absolute Gasteiger partial charge is 0.222 e. The second-order valence-corrected chi connectivity index (χ2v) is 8.04. The number of nitrogens with zero attached hydrogens (tertiary/aromatic N) is 2. The van der Waals surface area contributed by atoms with Gasteiger partial charge in [0.05, 0.1) is 6.54 Å². The van der Waals surface area contributed by atoms with Crippen LogP contribution in [0, 0.1) is 0 Å². The molecule has 0 bridgehead atoms. The van der Waals surface area contributed by atoms with Gasteiger partial charge in [0.15, 0.2) is 5.96 Å². The number of aliphatic imine (C=N–C) groups is 1. The van der Waals surface area contributed by atoms with Gasteiger partial charge in [-0.1, -0.05) is 0 Å². The lowest BCUT2D eigenvalue weighted by atomic mass is 10.1. The molecule has 23 heavy (non-hydrogen) atoms. The number of hydrogen-bond acceptors (Lipinski definition) is 3. The summed E-state index contributed by atoms with van der Waals surface area (Å²) < 4.78 is 0.310. The molecule has 2 rings (SSSR count). The van der Waals surface area contributed by atoms with E-state index in [1.54, 1.807) is 0 Å². The third kappa shape index (κ3) is 7.07. The average Bonchev–Trinajstić information content (AvgIpc) is 3.10. The third-order valence-electron chi connectivity index (χ3n) is 4.28. The van der Waals surface area contributed by atoms with Crippen LogP contribution >= 0.6 is 35.7 Å². The number of rotatable bonds is 7. The van der Waals surface area contributed by atoms with Crippen LogP contribution in [0.3, 0.4) is 0 Å². The molecule has 2 saturated heterocycles. The second-order valence-electron chi connectivity index (χ2n) is 6.36. The molecule has 2 heterocycles. The van der Waals surface area contributed by atoms with Crippen molar-refractivity contribution in [1.29, 1.82) is 0 Å². The molecule has 1 amide bonds. The molecule has 0 aromatic heterocycles. The second kappa shape index (κ2) is 10.6. The molecule has 0 saturated carbocycles. The highest BCUT2D eigenvalue weighted by Gasteiger charge is 2.29. The quantitative estimate of drug-likeness (QED) is 0.269. The van der Waals surface area contributed by atoms with Crippen molar-refractivity contribution in [2.75, 3.05) is 38.5 Å². The van der Waals surface area contributed by atoms with Crippen LogP contribution in [0.2, 0.25) is 0 Å². The lowest BCUT2D eigenvalue weighted by Crippen LogP contribution is -2.40. The van der Waals surface area contributed by atoms with Crippen molar-refractivity contribution in [3.63, 3.8) is 0 Å². The molecule has 1 atom stereocenters. The number of likely N-dealkylation sites (tertiary alicyclic amines) is 1. The number of halogens is 1. The van der Waals surface area contributed by atoms with Gasteiger partial charge in [0.1, 0.15) is 0 Å². The summed E-state index contributed by atoms with van der Waals surface area (Å²) >= 11 is 2.04. The molecule has 0 spiro atoms. The van der Waals surface area contributed by atoms with Crippen molar-refractivity contribution in [3.05, 3.63) is 0 Å². The molecular weight excluding hydrogens is 423 g/mol. The maximum Gasteiger partial charge on any atom is 0.222 e. The van der Waals surface area contributed by atoms with Crippen LogP contribution in [0.4, 0.5) is 0 Å². The maximum atomic E-state index is 11.6. The van der Waals surface area contributed by atoms with E-state index in [1.807, 2.05) is 16.7 Å². The molecule has 1 unspecified atom stereocenters. The van der Waals surface area contributed by atoms with E-state index in [2.05, 4.69) is 24.5 Å². The summed E-state index contributed by atoms with van der Waals surface area (Å²) in [6.45, 7) is 8.81. The Labute approximate surface area is 161 Å². The van der Waals surface area contributed by atoms with Crippen LogP contribution in [0.1, 0.15) is 46.0 Å². The molecule has 2 fully saturated rings. The Bertz CT molecular complexity index is 400. The predicted molar refractivity (Wildman–Crippen MR) is 110 cm³/mol. The third-order valence-corrected chi connectivity index (χ3v) is 5.81. The van der Waals surface area contributed by atoms with Gasteiger partial charge in [0.2, 0.25) is 5.91 Å². The standard InChI is InChI=1S/C16H30N4OS.HI/c1-3-17-15(19-13-16(2)8-5-12-22-16)18-9-6-11-20-10-4-7-14(20)21;/h3-13H2,1-2H3,(H2,17,18,19);1H. The minimum Gasteiger partial charge on any atom is -0.357 e. The predicted octanol–water partition coefficient (Wildman–Crippen LogP) is 2.46. The zero-order valence-corrected chi connectivity index (χ0v) is 17.5. The highest BCUT2D eigenvalue weighted by Crippen LogP contribution is 2.37. The topological polar surface area (TPSA) is 56.7 Å². The number of thioether (sulfide) groups is 1. The fourth-order valence-corrected chi connectivity index (χ4v) is 4.19. The van der Waals surface area contributed by atoms with Crippen molar-refractivity contribution in [2.24, 2.45) is 4.99 Å². The zero-order chi connectivity index (χ0) is 15.8. The van der Waals surface area contributed by atoms with E-state index in [4.69, 9.17) is 4.99 Å². The lowest BCUT2D eigenvalue weighted by Gasteiger charge is -2.21. The van der Waals surface area contributed by atoms with Gasteiger partial charge >= 0.3 is 0 Å². The van der Waals surface area contributed by atoms with E-state index in [0.717, 1.165) is 57.9 Å². The summed E-state index contributed by atoms with van der Waals surface area (Å²) in [5.41, 5.74) is 0. The zero-order valence-electron chi connectivity index (χ0n) is 14.4. The lowest BCUT2D eigenvalue weighted by molar-refractivity contribution is -0.127. The molecule has 0 aromatic carbocycles. The van der Waals surface area contributed by atoms with E-state index >= 15 is 0 Å². The van der Waals surface area contributed by atoms with Crippen molar-refractivity contribution >= 4 is 47.6 Å². The van der Waals surface area contributed by atoms with Crippen LogP contribution in [-0.2, 0) is 4.79 Å². The van der Waals surface area contributed by atoms with Crippen LogP contribution in [0.25, 0.3) is 0 Å². The van der Waals surface area contributed by atoms with Gasteiger partial charge in [-0.2, -0.15) is 11.8 Å². The molecule has 5 nitrogen and oxygen atoms in total. The van der Waals surface area contributed by atoms with Gasteiger partial charge in [0.25, 0.3) is 0 Å². The molecule has 2 aliphatic rings. The Hall–Kier alpha value is -0.180. The van der Waals surface area contributed by atoms with Crippen LogP contribution in [0.15, 0.2) is 4.99 Å². The molecule has 0 aromatic rings. The summed E-state index contributed by atoms with van der Waals surface area (Å²) in [6, 6.07) is 0. The molecule has 2 aliphatic heterocycles. The number of carbonyl (C=O) groups is 1. The van der Waals surface area contributed by atoms with Crippen molar-refractivity contribution in [3.8, 4) is 0 Å². The minimum absolute atomic E-state index is 0. The summed E-state index contributed by atoms with van der Waals surface area (Å²) in [6.07, 6.45) is 5.30. The molecule has 0 aliphatic carbocycles. The van der Waals surface area contributed by atoms with Crippen LogP contribution in [0.5, 0.6) is 0 Å². The SMILES string of the molecule is CCNC(=NCC1(C)CCCS1)NCCCN1CCCC1=O.I. The Morgan fingerprint density at radius 1 is 1.39 bits per heavy atom. The molecule has 134 valence electrons. The number of nitrogens with one attached hydrogen (secondary N) is 2. The molecule has 7 heteroatoms. The van der Waals surface area contributed by atoms with E-state index < -0.39 is 0 Å². The van der Waals surface area contributed by atoms with Gasteiger partial charge in [-0.05, 0) is 45.3 Å². The normalized spacial score (nSPS) is 24.7.